The molecule has 2 aromatic heterocycles. The number of aromatic amines is 1. The van der Waals surface area contributed by atoms with E-state index in [-0.39, 0.29) is 11.9 Å². The van der Waals surface area contributed by atoms with Gasteiger partial charge in [0.25, 0.3) is 5.91 Å². The largest absolute Gasteiger partial charge is 0.468 e. The zero-order valence-electron chi connectivity index (χ0n) is 14.8. The SMILES string of the molecule is CC(Cc1c[nH]c2cc(F)c(F)cc12)NC(=O)c1coc2c1C(O)CCC2. The van der Waals surface area contributed by atoms with Crippen molar-refractivity contribution < 1.29 is 23.1 Å². The van der Waals surface area contributed by atoms with Gasteiger partial charge in [0.15, 0.2) is 11.6 Å². The van der Waals surface area contributed by atoms with Gasteiger partial charge in [-0.05, 0) is 37.8 Å². The van der Waals surface area contributed by atoms with Gasteiger partial charge in [0, 0.05) is 41.2 Å². The molecule has 0 aliphatic heterocycles. The van der Waals surface area contributed by atoms with Crippen LogP contribution >= 0.6 is 0 Å². The lowest BCUT2D eigenvalue weighted by Gasteiger charge is -2.18. The molecular weight excluding hydrogens is 354 g/mol. The minimum absolute atomic E-state index is 0.254. The van der Waals surface area contributed by atoms with Gasteiger partial charge in [0.1, 0.15) is 12.0 Å². The van der Waals surface area contributed by atoms with Crippen LogP contribution in [0.2, 0.25) is 0 Å². The molecule has 1 aliphatic rings. The van der Waals surface area contributed by atoms with Gasteiger partial charge in [0.2, 0.25) is 0 Å². The molecule has 27 heavy (non-hydrogen) atoms. The van der Waals surface area contributed by atoms with E-state index in [0.717, 1.165) is 24.1 Å². The summed E-state index contributed by atoms with van der Waals surface area (Å²) in [5, 5.41) is 13.7. The first kappa shape index (κ1) is 17.7. The van der Waals surface area contributed by atoms with Crippen molar-refractivity contribution in [2.75, 3.05) is 0 Å². The average Bonchev–Trinajstić information content (AvgIpc) is 3.21. The molecule has 0 saturated heterocycles. The minimum Gasteiger partial charge on any atom is -0.468 e. The lowest BCUT2D eigenvalue weighted by Crippen LogP contribution is -2.34. The number of amides is 1. The second-order valence-electron chi connectivity index (χ2n) is 7.10. The van der Waals surface area contributed by atoms with E-state index >= 15 is 0 Å². The van der Waals surface area contributed by atoms with Gasteiger partial charge in [-0.2, -0.15) is 0 Å². The number of benzene rings is 1. The predicted molar refractivity (Wildman–Crippen MR) is 95.5 cm³/mol. The van der Waals surface area contributed by atoms with Crippen LogP contribution in [0.1, 0.15) is 53.1 Å². The molecule has 1 aromatic carbocycles. The summed E-state index contributed by atoms with van der Waals surface area (Å²) in [6, 6.07) is 2.03. The summed E-state index contributed by atoms with van der Waals surface area (Å²) < 4.78 is 32.3. The summed E-state index contributed by atoms with van der Waals surface area (Å²) in [6.45, 7) is 1.83. The Morgan fingerprint density at radius 1 is 1.41 bits per heavy atom. The molecular formula is C20H20F2N2O3. The lowest BCUT2D eigenvalue weighted by atomic mass is 9.92. The zero-order chi connectivity index (χ0) is 19.1. The Hall–Kier alpha value is -2.67. The standard InChI is InChI=1S/C20H20F2N2O3/c1-10(5-11-8-23-16-7-15(22)14(21)6-12(11)16)24-20(26)13-9-27-18-4-2-3-17(25)19(13)18/h6-10,17,23,25H,2-5H2,1H3,(H,24,26). The van der Waals surface area contributed by atoms with Gasteiger partial charge in [0.05, 0.1) is 11.7 Å². The Morgan fingerprint density at radius 3 is 3.00 bits per heavy atom. The summed E-state index contributed by atoms with van der Waals surface area (Å²) in [5.74, 6) is -1.45. The van der Waals surface area contributed by atoms with E-state index in [4.69, 9.17) is 4.42 Å². The number of hydrogen-bond acceptors (Lipinski definition) is 3. The fraction of sp³-hybridized carbons (Fsp3) is 0.350. The molecule has 2 atom stereocenters. The summed E-state index contributed by atoms with van der Waals surface area (Å²) in [4.78, 5) is 15.5. The maximum Gasteiger partial charge on any atom is 0.255 e. The number of aryl methyl sites for hydroxylation is 1. The quantitative estimate of drug-likeness (QED) is 0.650. The minimum atomic E-state index is -0.904. The number of hydrogen-bond donors (Lipinski definition) is 3. The summed E-state index contributed by atoms with van der Waals surface area (Å²) >= 11 is 0. The maximum atomic E-state index is 13.5. The average molecular weight is 374 g/mol. The highest BCUT2D eigenvalue weighted by molar-refractivity contribution is 5.96. The second-order valence-corrected chi connectivity index (χ2v) is 7.10. The van der Waals surface area contributed by atoms with Crippen LogP contribution in [0.4, 0.5) is 8.78 Å². The number of H-pyrrole nitrogens is 1. The number of carbonyl (C=O) groups excluding carboxylic acids is 1. The predicted octanol–water partition coefficient (Wildman–Crippen LogP) is 3.77. The highest BCUT2D eigenvalue weighted by Gasteiger charge is 2.28. The van der Waals surface area contributed by atoms with Crippen molar-refractivity contribution in [2.45, 2.75) is 44.8 Å². The normalized spacial score (nSPS) is 17.7. The van der Waals surface area contributed by atoms with E-state index in [9.17, 15) is 18.7 Å². The molecule has 5 nitrogen and oxygen atoms in total. The van der Waals surface area contributed by atoms with Gasteiger partial charge < -0.3 is 19.8 Å². The number of fused-ring (bicyclic) bond motifs is 2. The molecule has 0 bridgehead atoms. The molecule has 0 spiro atoms. The number of aliphatic hydroxyl groups is 1. The summed E-state index contributed by atoms with van der Waals surface area (Å²) in [6.07, 6.45) is 5.00. The van der Waals surface area contributed by atoms with Crippen LogP contribution < -0.4 is 5.32 Å². The highest BCUT2D eigenvalue weighted by atomic mass is 19.2. The Bertz CT molecular complexity index is 1010. The van der Waals surface area contributed by atoms with Crippen molar-refractivity contribution in [1.29, 1.82) is 0 Å². The molecule has 4 rings (SSSR count). The number of nitrogens with one attached hydrogen (secondary N) is 2. The van der Waals surface area contributed by atoms with Crippen LogP contribution in [0, 0.1) is 11.6 Å². The van der Waals surface area contributed by atoms with Crippen molar-refractivity contribution in [1.82, 2.24) is 10.3 Å². The molecule has 2 unspecified atom stereocenters. The third-order valence-corrected chi connectivity index (χ3v) is 5.08. The van der Waals surface area contributed by atoms with E-state index in [2.05, 4.69) is 10.3 Å². The van der Waals surface area contributed by atoms with Crippen LogP contribution in [0.15, 0.2) is 29.0 Å². The number of carbonyl (C=O) groups is 1. The van der Waals surface area contributed by atoms with Crippen LogP contribution in [0.5, 0.6) is 0 Å². The van der Waals surface area contributed by atoms with Crippen LogP contribution in [0.3, 0.4) is 0 Å². The molecule has 0 saturated carbocycles. The van der Waals surface area contributed by atoms with Crippen molar-refractivity contribution in [3.05, 3.63) is 58.7 Å². The van der Waals surface area contributed by atoms with Crippen molar-refractivity contribution in [3.63, 3.8) is 0 Å². The first-order valence-electron chi connectivity index (χ1n) is 8.98. The number of rotatable bonds is 4. The molecule has 2 heterocycles. The van der Waals surface area contributed by atoms with Crippen molar-refractivity contribution >= 4 is 16.8 Å². The number of furan rings is 1. The first-order chi connectivity index (χ1) is 12.9. The monoisotopic (exact) mass is 374 g/mol. The van der Waals surface area contributed by atoms with Crippen LogP contribution in [0.25, 0.3) is 10.9 Å². The fourth-order valence-corrected chi connectivity index (χ4v) is 3.77. The number of aromatic nitrogens is 1. The molecule has 3 N–H and O–H groups in total. The van der Waals surface area contributed by atoms with E-state index in [1.807, 2.05) is 6.92 Å². The van der Waals surface area contributed by atoms with E-state index < -0.39 is 17.7 Å². The van der Waals surface area contributed by atoms with E-state index in [1.165, 1.54) is 6.26 Å². The number of aliphatic hydroxyl groups excluding tert-OH is 1. The third-order valence-electron chi connectivity index (χ3n) is 5.08. The summed E-state index contributed by atoms with van der Waals surface area (Å²) in [7, 11) is 0. The van der Waals surface area contributed by atoms with Gasteiger partial charge in [-0.15, -0.1) is 0 Å². The molecule has 1 aliphatic carbocycles. The summed E-state index contributed by atoms with van der Waals surface area (Å²) in [5.41, 5.74) is 2.23. The van der Waals surface area contributed by atoms with Crippen molar-refractivity contribution in [3.8, 4) is 0 Å². The Morgan fingerprint density at radius 2 is 2.19 bits per heavy atom. The lowest BCUT2D eigenvalue weighted by molar-refractivity contribution is 0.0930. The molecule has 142 valence electrons. The van der Waals surface area contributed by atoms with E-state index in [1.54, 1.807) is 6.20 Å². The van der Waals surface area contributed by atoms with E-state index in [0.29, 0.717) is 47.1 Å². The fourth-order valence-electron chi connectivity index (χ4n) is 3.77. The Labute approximate surface area is 154 Å². The Balaban J connectivity index is 1.50. The highest BCUT2D eigenvalue weighted by Crippen LogP contribution is 2.33. The van der Waals surface area contributed by atoms with Gasteiger partial charge in [-0.3, -0.25) is 4.79 Å². The third kappa shape index (κ3) is 3.23. The topological polar surface area (TPSA) is 78.3 Å². The first-order valence-corrected chi connectivity index (χ1v) is 8.98. The molecule has 0 fully saturated rings. The molecule has 1 amide bonds. The van der Waals surface area contributed by atoms with Crippen molar-refractivity contribution in [2.24, 2.45) is 0 Å². The number of halogens is 2. The van der Waals surface area contributed by atoms with Crippen LogP contribution in [-0.2, 0) is 12.8 Å². The van der Waals surface area contributed by atoms with Crippen LogP contribution in [-0.4, -0.2) is 22.0 Å². The maximum absolute atomic E-state index is 13.5. The zero-order valence-corrected chi connectivity index (χ0v) is 14.8. The molecule has 0 radical (unpaired) electrons. The Kier molecular flexibility index (Phi) is 4.47. The van der Waals surface area contributed by atoms with Gasteiger partial charge in [-0.1, -0.05) is 0 Å². The smallest absolute Gasteiger partial charge is 0.255 e. The second kappa shape index (κ2) is 6.81. The van der Waals surface area contributed by atoms with Gasteiger partial charge >= 0.3 is 0 Å². The molecule has 3 aromatic rings. The van der Waals surface area contributed by atoms with Gasteiger partial charge in [-0.25, -0.2) is 8.78 Å². The molecule has 7 heteroatoms.